The molecule has 16 nitrogen and oxygen atoms in total. The summed E-state index contributed by atoms with van der Waals surface area (Å²) in [5.74, 6) is -3.56. The van der Waals surface area contributed by atoms with E-state index in [1.165, 1.54) is 24.3 Å². The Morgan fingerprint density at radius 1 is 0.512 bits per heavy atom. The van der Waals surface area contributed by atoms with Gasteiger partial charge in [-0.25, -0.2) is 18.4 Å². The van der Waals surface area contributed by atoms with Gasteiger partial charge in [-0.05, 0) is 97.2 Å². The van der Waals surface area contributed by atoms with Gasteiger partial charge in [0.05, 0.1) is 39.6 Å². The van der Waals surface area contributed by atoms with Gasteiger partial charge in [-0.1, -0.05) is 104 Å². The molecule has 4 saturated heterocycles. The van der Waals surface area contributed by atoms with E-state index in [2.05, 4.69) is 37.5 Å². The maximum absolute atomic E-state index is 15.5. The van der Waals surface area contributed by atoms with E-state index in [-0.39, 0.29) is 71.5 Å². The van der Waals surface area contributed by atoms with E-state index in [1.807, 2.05) is 27.7 Å². The second kappa shape index (κ2) is 29.9. The Morgan fingerprint density at radius 2 is 0.833 bits per heavy atom. The Balaban J connectivity index is 1.05. The van der Waals surface area contributed by atoms with Crippen LogP contribution in [-0.2, 0) is 60.7 Å². The molecule has 18 heteroatoms. The zero-order chi connectivity index (χ0) is 60.0. The lowest BCUT2D eigenvalue weighted by Gasteiger charge is -2.41. The Hall–Kier alpha value is -6.02. The molecule has 8 rings (SSSR count). The minimum atomic E-state index is -1.66. The summed E-state index contributed by atoms with van der Waals surface area (Å²) in [7, 11) is 0. The predicted molar refractivity (Wildman–Crippen MR) is 312 cm³/mol. The van der Waals surface area contributed by atoms with Crippen molar-refractivity contribution in [2.24, 2.45) is 22.7 Å². The standard InChI is InChI=1S/C66H88F2N4O12/c1-45(2)39-77-55-21-13-49(14-22-55)59(61(73)71(37-47-9-17-51(67)18-10-47)53-25-31-69(32-26-53)35-29-57-79-41-65(5,6)42-80-57)83-63(75)64(76)84-60(50-15-23-56(24-16-50)78-40-46(3)4)62(74)72(38-48-11-19-52(68)20-12-48)54-27-33-70(34-28-54)36-30-58-81-43-66(7,8)44-82-58/h9-24,45-46,53-54,57-60H,25-44H2,1-8H3. The first-order chi connectivity index (χ1) is 40.2. The Morgan fingerprint density at radius 3 is 1.14 bits per heavy atom. The zero-order valence-electron chi connectivity index (χ0n) is 50.4. The molecule has 4 heterocycles. The van der Waals surface area contributed by atoms with E-state index in [9.17, 15) is 18.4 Å². The summed E-state index contributed by atoms with van der Waals surface area (Å²) >= 11 is 0. The van der Waals surface area contributed by atoms with E-state index in [4.69, 9.17) is 37.9 Å². The third-order valence-electron chi connectivity index (χ3n) is 15.7. The number of nitrogens with zero attached hydrogens (tertiary/aromatic N) is 4. The number of piperidine rings is 2. The van der Waals surface area contributed by atoms with Gasteiger partial charge >= 0.3 is 11.9 Å². The van der Waals surface area contributed by atoms with Gasteiger partial charge in [0, 0.05) is 99.2 Å². The molecule has 0 aliphatic carbocycles. The van der Waals surface area contributed by atoms with Crippen molar-refractivity contribution >= 4 is 23.8 Å². The second-order valence-corrected chi connectivity index (χ2v) is 25.5. The van der Waals surface area contributed by atoms with Crippen LogP contribution >= 0.6 is 0 Å². The quantitative estimate of drug-likeness (QED) is 0.0483. The molecular formula is C66H88F2N4O12. The number of benzene rings is 4. The largest absolute Gasteiger partial charge is 0.493 e. The van der Waals surface area contributed by atoms with E-state index >= 15 is 9.59 Å². The van der Waals surface area contributed by atoms with Crippen LogP contribution in [0.15, 0.2) is 97.1 Å². The number of ether oxygens (including phenoxy) is 8. The van der Waals surface area contributed by atoms with Crippen molar-refractivity contribution in [2.45, 2.75) is 144 Å². The van der Waals surface area contributed by atoms with E-state index < -0.39 is 47.6 Å². The van der Waals surface area contributed by atoms with E-state index in [0.29, 0.717) is 127 Å². The van der Waals surface area contributed by atoms with Crippen LogP contribution in [0.5, 0.6) is 11.5 Å². The molecule has 0 aromatic heterocycles. The lowest BCUT2D eigenvalue weighted by molar-refractivity contribution is -0.225. The van der Waals surface area contributed by atoms with Crippen LogP contribution in [0, 0.1) is 34.3 Å². The highest BCUT2D eigenvalue weighted by molar-refractivity contribution is 6.30. The van der Waals surface area contributed by atoms with Crippen molar-refractivity contribution in [3.05, 3.63) is 131 Å². The van der Waals surface area contributed by atoms with Crippen LogP contribution < -0.4 is 9.47 Å². The van der Waals surface area contributed by atoms with Crippen molar-refractivity contribution in [1.29, 1.82) is 0 Å². The van der Waals surface area contributed by atoms with Gasteiger partial charge in [0.2, 0.25) is 12.2 Å². The molecule has 0 N–H and O–H groups in total. The Kier molecular flexibility index (Phi) is 22.8. The molecular weight excluding hydrogens is 1080 g/mol. The van der Waals surface area contributed by atoms with Crippen LogP contribution in [0.4, 0.5) is 8.78 Å². The fraction of sp³-hybridized carbons (Fsp3) is 0.576. The van der Waals surface area contributed by atoms with Crippen LogP contribution in [0.1, 0.15) is 128 Å². The molecule has 4 aromatic carbocycles. The summed E-state index contributed by atoms with van der Waals surface area (Å²) in [5, 5.41) is 0. The highest BCUT2D eigenvalue weighted by Crippen LogP contribution is 2.33. The lowest BCUT2D eigenvalue weighted by Crippen LogP contribution is -2.50. The molecule has 0 bridgehead atoms. The number of halogens is 2. The van der Waals surface area contributed by atoms with Crippen molar-refractivity contribution in [2.75, 3.05) is 78.9 Å². The van der Waals surface area contributed by atoms with Crippen molar-refractivity contribution < 1.29 is 65.9 Å². The van der Waals surface area contributed by atoms with Gasteiger partial charge in [0.15, 0.2) is 12.6 Å². The predicted octanol–water partition coefficient (Wildman–Crippen LogP) is 10.5. The van der Waals surface area contributed by atoms with Crippen LogP contribution in [0.25, 0.3) is 0 Å². The summed E-state index contributed by atoms with van der Waals surface area (Å²) < 4.78 is 76.9. The number of likely N-dealkylation sites (tertiary alicyclic amines) is 2. The first kappa shape index (κ1) is 64.0. The summed E-state index contributed by atoms with van der Waals surface area (Å²) in [6.07, 6.45) is -0.285. The molecule has 4 aliphatic rings. The molecule has 4 aliphatic heterocycles. The molecule has 4 aromatic rings. The second-order valence-electron chi connectivity index (χ2n) is 25.5. The van der Waals surface area contributed by atoms with Gasteiger partial charge < -0.3 is 57.5 Å². The molecule has 0 spiro atoms. The highest BCUT2D eigenvalue weighted by atomic mass is 19.1. The SMILES string of the molecule is CC(C)COc1ccc(C(OC(=O)C(=O)OC(C(=O)N(Cc2ccc(F)cc2)C2CCN(CCC3OCC(C)(C)CO3)CC2)c2ccc(OCC(C)C)cc2)C(=O)N(Cc2ccc(F)cc2)C2CCN(CCC3OCC(C)(C)CO3)CC2)cc1. The Labute approximate surface area is 495 Å². The first-order valence-electron chi connectivity index (χ1n) is 30.0. The van der Waals surface area contributed by atoms with Crippen molar-refractivity contribution in [3.8, 4) is 11.5 Å². The normalized spacial score (nSPS) is 19.1. The molecule has 84 heavy (non-hydrogen) atoms. The average Bonchev–Trinajstić information content (AvgIpc) is 3.64. The van der Waals surface area contributed by atoms with Gasteiger partial charge in [-0.3, -0.25) is 9.59 Å². The molecule has 2 unspecified atom stereocenters. The monoisotopic (exact) mass is 1170 g/mol. The number of esters is 2. The number of hydrogen-bond donors (Lipinski definition) is 0. The Bertz CT molecular complexity index is 2520. The van der Waals surface area contributed by atoms with Crippen molar-refractivity contribution in [1.82, 2.24) is 19.6 Å². The van der Waals surface area contributed by atoms with Crippen molar-refractivity contribution in [3.63, 3.8) is 0 Å². The lowest BCUT2D eigenvalue weighted by atomic mass is 9.95. The number of hydrogen-bond acceptors (Lipinski definition) is 14. The third kappa shape index (κ3) is 19.0. The maximum Gasteiger partial charge on any atom is 0.418 e. The maximum atomic E-state index is 15.5. The number of carbonyl (C=O) groups excluding carboxylic acids is 4. The summed E-state index contributed by atoms with van der Waals surface area (Å²) in [6, 6.07) is 24.3. The fourth-order valence-electron chi connectivity index (χ4n) is 10.8. The minimum absolute atomic E-state index is 0.0455. The fourth-order valence-corrected chi connectivity index (χ4v) is 10.8. The topological polar surface area (TPSA) is 155 Å². The summed E-state index contributed by atoms with van der Waals surface area (Å²) in [4.78, 5) is 68.1. The highest BCUT2D eigenvalue weighted by Gasteiger charge is 2.41. The minimum Gasteiger partial charge on any atom is -0.493 e. The van der Waals surface area contributed by atoms with Crippen LogP contribution in [0.3, 0.4) is 0 Å². The van der Waals surface area contributed by atoms with Gasteiger partial charge in [0.1, 0.15) is 23.1 Å². The number of carbonyl (C=O) groups is 4. The van der Waals surface area contributed by atoms with Gasteiger partial charge in [0.25, 0.3) is 11.8 Å². The first-order valence-corrected chi connectivity index (χ1v) is 30.0. The molecule has 0 saturated carbocycles. The smallest absolute Gasteiger partial charge is 0.418 e. The van der Waals surface area contributed by atoms with Gasteiger partial charge in [-0.15, -0.1) is 0 Å². The number of rotatable bonds is 24. The molecule has 2 atom stereocenters. The summed E-state index contributed by atoms with van der Waals surface area (Å²) in [5.41, 5.74) is 1.73. The van der Waals surface area contributed by atoms with Crippen LogP contribution in [0.2, 0.25) is 0 Å². The van der Waals surface area contributed by atoms with E-state index in [1.54, 1.807) is 82.6 Å². The average molecular weight is 1170 g/mol. The molecule has 0 radical (unpaired) electrons. The molecule has 4 fully saturated rings. The van der Waals surface area contributed by atoms with Gasteiger partial charge in [-0.2, -0.15) is 0 Å². The molecule has 2 amide bonds. The van der Waals surface area contributed by atoms with Crippen LogP contribution in [-0.4, -0.2) is 147 Å². The summed E-state index contributed by atoms with van der Waals surface area (Å²) in [6.45, 7) is 24.0. The third-order valence-corrected chi connectivity index (χ3v) is 15.7. The molecule has 458 valence electrons. The number of amides is 2. The zero-order valence-corrected chi connectivity index (χ0v) is 50.4. The van der Waals surface area contributed by atoms with E-state index in [0.717, 1.165) is 13.1 Å².